The van der Waals surface area contributed by atoms with Gasteiger partial charge < -0.3 is 5.73 Å². The minimum Gasteiger partial charge on any atom is -0.321 e. The van der Waals surface area contributed by atoms with E-state index in [0.717, 1.165) is 18.8 Å². The summed E-state index contributed by atoms with van der Waals surface area (Å²) in [5, 5.41) is 0. The third-order valence-electron chi connectivity index (χ3n) is 5.00. The lowest BCUT2D eigenvalue weighted by Gasteiger charge is -2.46. The molecule has 0 saturated heterocycles. The zero-order valence-electron chi connectivity index (χ0n) is 12.9. The first-order chi connectivity index (χ1) is 8.97. The number of aryl methyl sites for hydroxylation is 1. The fourth-order valence-corrected chi connectivity index (χ4v) is 3.89. The lowest BCUT2D eigenvalue weighted by Crippen LogP contribution is -2.50. The Morgan fingerprint density at radius 2 is 2.05 bits per heavy atom. The van der Waals surface area contributed by atoms with Crippen LogP contribution in [0.3, 0.4) is 0 Å². The van der Waals surface area contributed by atoms with E-state index in [-0.39, 0.29) is 5.54 Å². The van der Waals surface area contributed by atoms with Gasteiger partial charge in [0, 0.05) is 5.54 Å². The summed E-state index contributed by atoms with van der Waals surface area (Å²) in [5.74, 6) is 2.00. The summed E-state index contributed by atoms with van der Waals surface area (Å²) in [6.45, 7) is 9.21. The normalized spacial score (nSPS) is 31.7. The molecule has 1 aliphatic carbocycles. The summed E-state index contributed by atoms with van der Waals surface area (Å²) < 4.78 is 0. The van der Waals surface area contributed by atoms with Gasteiger partial charge in [-0.25, -0.2) is 0 Å². The Kier molecular flexibility index (Phi) is 4.35. The Morgan fingerprint density at radius 1 is 1.32 bits per heavy atom. The van der Waals surface area contributed by atoms with E-state index in [1.54, 1.807) is 0 Å². The molecule has 2 rings (SSSR count). The van der Waals surface area contributed by atoms with Crippen molar-refractivity contribution in [1.29, 1.82) is 0 Å². The molecule has 0 heterocycles. The molecule has 1 aliphatic rings. The highest BCUT2D eigenvalue weighted by atomic mass is 14.8. The molecule has 0 radical (unpaired) electrons. The van der Waals surface area contributed by atoms with Crippen molar-refractivity contribution in [1.82, 2.24) is 0 Å². The second-order valence-electron chi connectivity index (χ2n) is 6.83. The van der Waals surface area contributed by atoms with Gasteiger partial charge in [-0.15, -0.1) is 0 Å². The molecule has 106 valence electrons. The monoisotopic (exact) mass is 259 g/mol. The molecule has 0 amide bonds. The first-order valence-corrected chi connectivity index (χ1v) is 7.85. The minimum absolute atomic E-state index is 0.128. The topological polar surface area (TPSA) is 26.0 Å². The fourth-order valence-electron chi connectivity index (χ4n) is 3.89. The van der Waals surface area contributed by atoms with Crippen molar-refractivity contribution in [3.8, 4) is 0 Å². The largest absolute Gasteiger partial charge is 0.321 e. The Bertz CT molecular complexity index is 423. The van der Waals surface area contributed by atoms with Crippen molar-refractivity contribution >= 4 is 0 Å². The third-order valence-corrected chi connectivity index (χ3v) is 5.00. The summed E-state index contributed by atoms with van der Waals surface area (Å²) in [4.78, 5) is 0. The Hall–Kier alpha value is -0.820. The molecule has 0 spiro atoms. The number of nitrogens with two attached hydrogens (primary N) is 1. The first-order valence-electron chi connectivity index (χ1n) is 7.85. The van der Waals surface area contributed by atoms with Crippen LogP contribution in [0.15, 0.2) is 24.3 Å². The summed E-state index contributed by atoms with van der Waals surface area (Å²) in [7, 11) is 0. The molecule has 1 nitrogen and oxygen atoms in total. The molecule has 3 unspecified atom stereocenters. The van der Waals surface area contributed by atoms with Crippen molar-refractivity contribution in [2.24, 2.45) is 23.5 Å². The second-order valence-corrected chi connectivity index (χ2v) is 6.83. The summed E-state index contributed by atoms with van der Waals surface area (Å²) >= 11 is 0. The summed E-state index contributed by atoms with van der Waals surface area (Å²) in [6, 6.07) is 8.98. The van der Waals surface area contributed by atoms with Gasteiger partial charge in [-0.1, -0.05) is 58.4 Å². The molecule has 0 aliphatic heterocycles. The van der Waals surface area contributed by atoms with E-state index >= 15 is 0 Å². The first kappa shape index (κ1) is 14.6. The van der Waals surface area contributed by atoms with Gasteiger partial charge in [-0.2, -0.15) is 0 Å². The average molecular weight is 259 g/mol. The summed E-state index contributed by atoms with van der Waals surface area (Å²) in [5.41, 5.74) is 9.58. The van der Waals surface area contributed by atoms with Crippen molar-refractivity contribution in [2.75, 3.05) is 0 Å². The molecule has 1 aromatic rings. The maximum absolute atomic E-state index is 6.94. The zero-order chi connectivity index (χ0) is 14.0. The van der Waals surface area contributed by atoms with E-state index < -0.39 is 0 Å². The fraction of sp³-hybridized carbons (Fsp3) is 0.667. The van der Waals surface area contributed by atoms with E-state index in [1.807, 2.05) is 0 Å². The molecule has 3 atom stereocenters. The lowest BCUT2D eigenvalue weighted by atomic mass is 9.62. The van der Waals surface area contributed by atoms with Gasteiger partial charge >= 0.3 is 0 Å². The Balaban J connectivity index is 2.39. The smallest absolute Gasteiger partial charge is 0.0443 e. The van der Waals surface area contributed by atoms with Gasteiger partial charge in [0.25, 0.3) is 0 Å². The molecule has 2 N–H and O–H groups in total. The molecule has 1 fully saturated rings. The highest BCUT2D eigenvalue weighted by Crippen LogP contribution is 2.45. The Labute approximate surface area is 118 Å². The molecule has 1 aromatic carbocycles. The van der Waals surface area contributed by atoms with Gasteiger partial charge in [-0.3, -0.25) is 0 Å². The quantitative estimate of drug-likeness (QED) is 0.850. The van der Waals surface area contributed by atoms with Crippen molar-refractivity contribution in [2.45, 2.75) is 58.9 Å². The van der Waals surface area contributed by atoms with Crippen LogP contribution in [0.25, 0.3) is 0 Å². The molecule has 1 heteroatoms. The lowest BCUT2D eigenvalue weighted by molar-refractivity contribution is 0.108. The van der Waals surface area contributed by atoms with Crippen LogP contribution in [0, 0.1) is 17.8 Å². The van der Waals surface area contributed by atoms with Crippen LogP contribution < -0.4 is 5.73 Å². The Morgan fingerprint density at radius 3 is 2.68 bits per heavy atom. The van der Waals surface area contributed by atoms with Crippen LogP contribution in [-0.4, -0.2) is 0 Å². The number of benzene rings is 1. The van der Waals surface area contributed by atoms with Crippen LogP contribution in [0.5, 0.6) is 0 Å². The predicted octanol–water partition coefficient (Wildman–Crippen LogP) is 4.50. The van der Waals surface area contributed by atoms with E-state index in [2.05, 4.69) is 52.0 Å². The van der Waals surface area contributed by atoms with E-state index in [9.17, 15) is 0 Å². The highest BCUT2D eigenvalue weighted by Gasteiger charge is 2.42. The highest BCUT2D eigenvalue weighted by molar-refractivity contribution is 5.31. The average Bonchev–Trinajstić information content (AvgIpc) is 2.38. The van der Waals surface area contributed by atoms with E-state index in [0.29, 0.717) is 11.8 Å². The van der Waals surface area contributed by atoms with Crippen LogP contribution >= 0.6 is 0 Å². The molecule has 1 saturated carbocycles. The van der Waals surface area contributed by atoms with Gasteiger partial charge in [0.2, 0.25) is 0 Å². The van der Waals surface area contributed by atoms with E-state index in [4.69, 9.17) is 5.73 Å². The van der Waals surface area contributed by atoms with Crippen LogP contribution in [0.2, 0.25) is 0 Å². The van der Waals surface area contributed by atoms with Crippen molar-refractivity contribution in [3.05, 3.63) is 35.4 Å². The van der Waals surface area contributed by atoms with Crippen LogP contribution in [0.4, 0.5) is 0 Å². The second kappa shape index (κ2) is 5.66. The van der Waals surface area contributed by atoms with Gasteiger partial charge in [0.1, 0.15) is 0 Å². The minimum atomic E-state index is -0.128. The SMILES string of the molecule is CCc1cccc(C2(N)CC(C)CCC2C(C)C)c1. The van der Waals surface area contributed by atoms with Crippen molar-refractivity contribution in [3.63, 3.8) is 0 Å². The molecular formula is C18H29N. The number of rotatable bonds is 3. The third kappa shape index (κ3) is 2.86. The van der Waals surface area contributed by atoms with E-state index in [1.165, 1.54) is 24.0 Å². The maximum atomic E-state index is 6.94. The van der Waals surface area contributed by atoms with Crippen LogP contribution in [0.1, 0.15) is 58.1 Å². The summed E-state index contributed by atoms with van der Waals surface area (Å²) in [6.07, 6.45) is 4.82. The molecular weight excluding hydrogens is 230 g/mol. The van der Waals surface area contributed by atoms with Gasteiger partial charge in [0.05, 0.1) is 0 Å². The molecule has 19 heavy (non-hydrogen) atoms. The van der Waals surface area contributed by atoms with Gasteiger partial charge in [0.15, 0.2) is 0 Å². The standard InChI is InChI=1S/C18H29N/c1-5-15-7-6-8-16(11-15)18(19)12-14(4)9-10-17(18)13(2)3/h6-8,11,13-14,17H,5,9-10,12,19H2,1-4H3. The van der Waals surface area contributed by atoms with Crippen molar-refractivity contribution < 1.29 is 0 Å². The number of hydrogen-bond donors (Lipinski definition) is 1. The molecule has 0 aromatic heterocycles. The molecule has 0 bridgehead atoms. The van der Waals surface area contributed by atoms with Gasteiger partial charge in [-0.05, 0) is 48.1 Å². The number of hydrogen-bond acceptors (Lipinski definition) is 1. The zero-order valence-corrected chi connectivity index (χ0v) is 12.9. The predicted molar refractivity (Wildman–Crippen MR) is 83.0 cm³/mol. The maximum Gasteiger partial charge on any atom is 0.0443 e. The van der Waals surface area contributed by atoms with Crippen LogP contribution in [-0.2, 0) is 12.0 Å².